The molecule has 5 nitrogen and oxygen atoms in total. The largest absolute Gasteiger partial charge is 0.359 e. The molecular weight excluding hydrogens is 308 g/mol. The summed E-state index contributed by atoms with van der Waals surface area (Å²) in [6.45, 7) is 0. The second-order valence-electron chi connectivity index (χ2n) is 4.26. The highest BCUT2D eigenvalue weighted by Crippen LogP contribution is 2.22. The van der Waals surface area contributed by atoms with Crippen molar-refractivity contribution in [2.45, 2.75) is 5.16 Å². The van der Waals surface area contributed by atoms with Crippen LogP contribution >= 0.6 is 23.4 Å². The van der Waals surface area contributed by atoms with Crippen LogP contribution in [0.5, 0.6) is 0 Å². The number of nitrogens with zero attached hydrogens (tertiary/aromatic N) is 3. The molecule has 2 heterocycles. The molecule has 21 heavy (non-hydrogen) atoms. The van der Waals surface area contributed by atoms with Gasteiger partial charge in [0.1, 0.15) is 6.33 Å². The number of aromatic amines is 1. The molecule has 0 saturated carbocycles. The quantitative estimate of drug-likeness (QED) is 0.579. The van der Waals surface area contributed by atoms with E-state index in [1.54, 1.807) is 35.3 Å². The first kappa shape index (κ1) is 13.9. The second-order valence-corrected chi connectivity index (χ2v) is 5.64. The molecule has 0 atom stereocenters. The summed E-state index contributed by atoms with van der Waals surface area (Å²) >= 11 is 7.33. The molecule has 3 rings (SSSR count). The fourth-order valence-corrected chi connectivity index (χ4v) is 2.83. The van der Waals surface area contributed by atoms with Crippen molar-refractivity contribution in [3.05, 3.63) is 59.6 Å². The lowest BCUT2D eigenvalue weighted by atomic mass is 10.3. The van der Waals surface area contributed by atoms with E-state index in [1.165, 1.54) is 11.8 Å². The Balaban J connectivity index is 1.76. The SMILES string of the molecule is O=C(CSc1nncn1-c1cccc(Cl)c1)c1ccc[nH]1. The maximum absolute atomic E-state index is 12.0. The standard InChI is InChI=1S/C14H11ClN4OS/c15-10-3-1-4-11(7-10)19-9-17-18-14(19)21-8-13(20)12-5-2-6-16-12/h1-7,9,16H,8H2. The van der Waals surface area contributed by atoms with Crippen LogP contribution in [0.3, 0.4) is 0 Å². The topological polar surface area (TPSA) is 63.6 Å². The Labute approximate surface area is 130 Å². The number of halogens is 1. The molecule has 106 valence electrons. The molecule has 3 aromatic rings. The van der Waals surface area contributed by atoms with Crippen molar-refractivity contribution in [1.29, 1.82) is 0 Å². The maximum atomic E-state index is 12.0. The van der Waals surface area contributed by atoms with Gasteiger partial charge < -0.3 is 4.98 Å². The Bertz CT molecular complexity index is 754. The Kier molecular flexibility index (Phi) is 4.08. The lowest BCUT2D eigenvalue weighted by Gasteiger charge is -2.06. The van der Waals surface area contributed by atoms with Crippen molar-refractivity contribution in [2.75, 3.05) is 5.75 Å². The van der Waals surface area contributed by atoms with Crippen LogP contribution in [-0.4, -0.2) is 31.3 Å². The van der Waals surface area contributed by atoms with Gasteiger partial charge in [-0.1, -0.05) is 29.4 Å². The first-order chi connectivity index (χ1) is 10.2. The zero-order valence-electron chi connectivity index (χ0n) is 10.9. The minimum absolute atomic E-state index is 0.0191. The number of hydrogen-bond donors (Lipinski definition) is 1. The van der Waals surface area contributed by atoms with E-state index in [2.05, 4.69) is 15.2 Å². The van der Waals surface area contributed by atoms with Crippen molar-refractivity contribution in [1.82, 2.24) is 19.7 Å². The highest BCUT2D eigenvalue weighted by molar-refractivity contribution is 7.99. The van der Waals surface area contributed by atoms with Gasteiger partial charge in [-0.05, 0) is 30.3 Å². The van der Waals surface area contributed by atoms with E-state index in [4.69, 9.17) is 11.6 Å². The summed E-state index contributed by atoms with van der Waals surface area (Å²) in [4.78, 5) is 14.9. The average Bonchev–Trinajstić information content (AvgIpc) is 3.16. The fourth-order valence-electron chi connectivity index (χ4n) is 1.84. The number of rotatable bonds is 5. The van der Waals surface area contributed by atoms with Crippen LogP contribution in [0.15, 0.2) is 54.1 Å². The Morgan fingerprint density at radius 3 is 3.00 bits per heavy atom. The van der Waals surface area contributed by atoms with Gasteiger partial charge in [0.2, 0.25) is 0 Å². The normalized spacial score (nSPS) is 10.7. The smallest absolute Gasteiger partial charge is 0.196 e. The number of benzene rings is 1. The van der Waals surface area contributed by atoms with E-state index in [0.717, 1.165) is 5.69 Å². The first-order valence-electron chi connectivity index (χ1n) is 6.19. The number of carbonyl (C=O) groups is 1. The lowest BCUT2D eigenvalue weighted by molar-refractivity contribution is 0.101. The minimum atomic E-state index is 0.0191. The third kappa shape index (κ3) is 3.17. The van der Waals surface area contributed by atoms with E-state index in [9.17, 15) is 4.79 Å². The molecule has 0 radical (unpaired) electrons. The number of thioether (sulfide) groups is 1. The number of nitrogens with one attached hydrogen (secondary N) is 1. The molecule has 0 unspecified atom stereocenters. The summed E-state index contributed by atoms with van der Waals surface area (Å²) in [5.74, 6) is 0.311. The van der Waals surface area contributed by atoms with Crippen LogP contribution < -0.4 is 0 Å². The molecule has 0 aliphatic rings. The van der Waals surface area contributed by atoms with Gasteiger partial charge in [-0.2, -0.15) is 0 Å². The van der Waals surface area contributed by atoms with Crippen LogP contribution in [0, 0.1) is 0 Å². The fraction of sp³-hybridized carbons (Fsp3) is 0.0714. The third-order valence-electron chi connectivity index (χ3n) is 2.83. The van der Waals surface area contributed by atoms with Gasteiger partial charge >= 0.3 is 0 Å². The van der Waals surface area contributed by atoms with Gasteiger partial charge in [-0.25, -0.2) is 0 Å². The van der Waals surface area contributed by atoms with E-state index >= 15 is 0 Å². The van der Waals surface area contributed by atoms with Gasteiger partial charge in [-0.15, -0.1) is 10.2 Å². The summed E-state index contributed by atoms with van der Waals surface area (Å²) in [6.07, 6.45) is 3.33. The molecule has 0 fully saturated rings. The van der Waals surface area contributed by atoms with Crippen molar-refractivity contribution < 1.29 is 4.79 Å². The van der Waals surface area contributed by atoms with Crippen LogP contribution in [0.2, 0.25) is 5.02 Å². The number of aromatic nitrogens is 4. The van der Waals surface area contributed by atoms with Crippen molar-refractivity contribution in [3.63, 3.8) is 0 Å². The third-order valence-corrected chi connectivity index (χ3v) is 4.01. The monoisotopic (exact) mass is 318 g/mol. The number of H-pyrrole nitrogens is 1. The summed E-state index contributed by atoms with van der Waals surface area (Å²) in [7, 11) is 0. The zero-order valence-corrected chi connectivity index (χ0v) is 12.4. The first-order valence-corrected chi connectivity index (χ1v) is 7.56. The van der Waals surface area contributed by atoms with E-state index in [-0.39, 0.29) is 5.78 Å². The summed E-state index contributed by atoms with van der Waals surface area (Å²) < 4.78 is 1.80. The predicted molar refractivity (Wildman–Crippen MR) is 82.2 cm³/mol. The van der Waals surface area contributed by atoms with Gasteiger partial charge in [0.15, 0.2) is 10.9 Å². The molecule has 0 saturated heterocycles. The molecule has 0 aliphatic carbocycles. The van der Waals surface area contributed by atoms with E-state index < -0.39 is 0 Å². The second kappa shape index (κ2) is 6.15. The number of carbonyl (C=O) groups excluding carboxylic acids is 1. The molecule has 0 bridgehead atoms. The highest BCUT2D eigenvalue weighted by Gasteiger charge is 2.12. The van der Waals surface area contributed by atoms with E-state index in [1.807, 2.05) is 18.2 Å². The average molecular weight is 319 g/mol. The number of Topliss-reactive ketones (excluding diaryl/α,β-unsaturated/α-hetero) is 1. The van der Waals surface area contributed by atoms with Crippen LogP contribution in [0.4, 0.5) is 0 Å². The summed E-state index contributed by atoms with van der Waals surface area (Å²) in [6, 6.07) is 10.9. The summed E-state index contributed by atoms with van der Waals surface area (Å²) in [5, 5.41) is 9.23. The molecule has 1 aromatic carbocycles. The highest BCUT2D eigenvalue weighted by atomic mass is 35.5. The molecule has 0 aliphatic heterocycles. The van der Waals surface area contributed by atoms with Crippen LogP contribution in [0.25, 0.3) is 5.69 Å². The Hall–Kier alpha value is -2.05. The molecular formula is C14H11ClN4OS. The summed E-state index contributed by atoms with van der Waals surface area (Å²) in [5.41, 5.74) is 1.46. The molecule has 7 heteroatoms. The Morgan fingerprint density at radius 1 is 1.33 bits per heavy atom. The van der Waals surface area contributed by atoms with Gasteiger partial charge in [0.25, 0.3) is 0 Å². The number of hydrogen-bond acceptors (Lipinski definition) is 4. The molecule has 0 amide bonds. The van der Waals surface area contributed by atoms with Gasteiger partial charge in [0, 0.05) is 11.2 Å². The molecule has 0 spiro atoms. The predicted octanol–water partition coefficient (Wildman–Crippen LogP) is 3.22. The van der Waals surface area contributed by atoms with Crippen LogP contribution in [0.1, 0.15) is 10.5 Å². The minimum Gasteiger partial charge on any atom is -0.359 e. The van der Waals surface area contributed by atoms with Crippen LogP contribution in [-0.2, 0) is 0 Å². The number of ketones is 1. The lowest BCUT2D eigenvalue weighted by Crippen LogP contribution is -2.04. The van der Waals surface area contributed by atoms with E-state index in [0.29, 0.717) is 21.6 Å². The van der Waals surface area contributed by atoms with Crippen molar-refractivity contribution >= 4 is 29.1 Å². The van der Waals surface area contributed by atoms with Crippen molar-refractivity contribution in [3.8, 4) is 5.69 Å². The van der Waals surface area contributed by atoms with Crippen molar-refractivity contribution in [2.24, 2.45) is 0 Å². The van der Waals surface area contributed by atoms with Gasteiger partial charge in [0.05, 0.1) is 17.1 Å². The molecule has 1 N–H and O–H groups in total. The zero-order chi connectivity index (χ0) is 14.7. The maximum Gasteiger partial charge on any atom is 0.196 e. The molecule has 2 aromatic heterocycles. The van der Waals surface area contributed by atoms with Gasteiger partial charge in [-0.3, -0.25) is 9.36 Å². The Morgan fingerprint density at radius 2 is 2.24 bits per heavy atom.